The second kappa shape index (κ2) is 6.14. The third-order valence-corrected chi connectivity index (χ3v) is 5.27. The summed E-state index contributed by atoms with van der Waals surface area (Å²) in [5, 5.41) is 5.57. The molecule has 0 radical (unpaired) electrons. The van der Waals surface area contributed by atoms with Crippen molar-refractivity contribution in [3.05, 3.63) is 46.2 Å². The Kier molecular flexibility index (Phi) is 4.27. The van der Waals surface area contributed by atoms with Gasteiger partial charge in [0.15, 0.2) is 0 Å². The van der Waals surface area contributed by atoms with Gasteiger partial charge < -0.3 is 5.32 Å². The van der Waals surface area contributed by atoms with Gasteiger partial charge in [0.25, 0.3) is 5.76 Å². The molecule has 1 aliphatic rings. The number of nitrogens with one attached hydrogen (secondary N) is 1. The Balaban J connectivity index is 1.82. The third-order valence-electron chi connectivity index (χ3n) is 3.48. The maximum absolute atomic E-state index is 12.6. The molecule has 1 aromatic carbocycles. The van der Waals surface area contributed by atoms with E-state index >= 15 is 0 Å². The lowest BCUT2D eigenvalue weighted by Crippen LogP contribution is -2.16. The van der Waals surface area contributed by atoms with E-state index in [9.17, 15) is 8.78 Å². The van der Waals surface area contributed by atoms with E-state index in [-0.39, 0.29) is 6.04 Å². The van der Waals surface area contributed by atoms with Crippen LogP contribution in [0, 0.1) is 0 Å². The van der Waals surface area contributed by atoms with Crippen LogP contribution in [-0.2, 0) is 6.42 Å². The normalized spacial score (nSPS) is 18.1. The Morgan fingerprint density at radius 2 is 2.10 bits per heavy atom. The molecule has 1 aliphatic carbocycles. The highest BCUT2D eigenvalue weighted by atomic mass is 32.2. The second-order valence-corrected chi connectivity index (χ2v) is 6.80. The van der Waals surface area contributed by atoms with Crippen molar-refractivity contribution in [1.29, 1.82) is 0 Å². The van der Waals surface area contributed by atoms with Gasteiger partial charge in [-0.05, 0) is 48.4 Å². The first-order valence-corrected chi connectivity index (χ1v) is 8.36. The zero-order valence-electron chi connectivity index (χ0n) is 10.8. The summed E-state index contributed by atoms with van der Waals surface area (Å²) in [6.07, 6.45) is 3.34. The van der Waals surface area contributed by atoms with Gasteiger partial charge in [-0.1, -0.05) is 23.9 Å². The van der Waals surface area contributed by atoms with Crippen LogP contribution in [0.5, 0.6) is 0 Å². The summed E-state index contributed by atoms with van der Waals surface area (Å²) in [4.78, 5) is 2.04. The van der Waals surface area contributed by atoms with Crippen LogP contribution >= 0.6 is 23.1 Å². The number of benzene rings is 1. The van der Waals surface area contributed by atoms with E-state index in [1.54, 1.807) is 23.5 Å². The van der Waals surface area contributed by atoms with Crippen LogP contribution in [0.1, 0.15) is 29.3 Å². The molecule has 1 aromatic heterocycles. The van der Waals surface area contributed by atoms with Crippen LogP contribution in [-0.4, -0.2) is 5.76 Å². The van der Waals surface area contributed by atoms with Gasteiger partial charge in [-0.25, -0.2) is 0 Å². The first-order chi connectivity index (χ1) is 9.74. The molecule has 0 saturated carbocycles. The number of rotatable bonds is 4. The van der Waals surface area contributed by atoms with E-state index in [1.807, 2.05) is 12.1 Å². The summed E-state index contributed by atoms with van der Waals surface area (Å²) in [6, 6.07) is 9.70. The lowest BCUT2D eigenvalue weighted by atomic mass is 9.94. The van der Waals surface area contributed by atoms with Crippen LogP contribution < -0.4 is 5.32 Å². The maximum atomic E-state index is 12.6. The van der Waals surface area contributed by atoms with Crippen LogP contribution in [0.25, 0.3) is 0 Å². The molecule has 1 unspecified atom stereocenters. The molecule has 20 heavy (non-hydrogen) atoms. The molecule has 106 valence electrons. The largest absolute Gasteiger partial charge is 0.377 e. The van der Waals surface area contributed by atoms with E-state index in [1.165, 1.54) is 10.4 Å². The van der Waals surface area contributed by atoms with E-state index < -0.39 is 5.76 Å². The quantitative estimate of drug-likeness (QED) is 0.743. The summed E-state index contributed by atoms with van der Waals surface area (Å²) >= 11 is 2.39. The maximum Gasteiger partial charge on any atom is 0.288 e. The average molecular weight is 311 g/mol. The number of halogens is 2. The SMILES string of the molecule is FC(F)Sc1ccccc1NC1CCCc2sccc21. The Hall–Kier alpha value is -1.07. The van der Waals surface area contributed by atoms with E-state index in [2.05, 4.69) is 16.8 Å². The molecule has 1 N–H and O–H groups in total. The highest BCUT2D eigenvalue weighted by Gasteiger charge is 2.22. The van der Waals surface area contributed by atoms with Crippen molar-refractivity contribution in [3.8, 4) is 0 Å². The van der Waals surface area contributed by atoms with Gasteiger partial charge in [0.05, 0.1) is 6.04 Å². The highest BCUT2D eigenvalue weighted by Crippen LogP contribution is 2.38. The minimum absolute atomic E-state index is 0.240. The van der Waals surface area contributed by atoms with E-state index in [0.717, 1.165) is 24.9 Å². The van der Waals surface area contributed by atoms with Gasteiger partial charge in [0.1, 0.15) is 0 Å². The zero-order valence-corrected chi connectivity index (χ0v) is 12.4. The number of para-hydroxylation sites is 1. The van der Waals surface area contributed by atoms with Crippen molar-refractivity contribution < 1.29 is 8.78 Å². The first-order valence-electron chi connectivity index (χ1n) is 6.60. The molecular weight excluding hydrogens is 296 g/mol. The minimum Gasteiger partial charge on any atom is -0.377 e. The first kappa shape index (κ1) is 13.9. The number of aryl methyl sites for hydroxylation is 1. The molecule has 0 bridgehead atoms. The molecule has 1 nitrogen and oxygen atoms in total. The molecule has 0 spiro atoms. The van der Waals surface area contributed by atoms with Crippen molar-refractivity contribution >= 4 is 28.8 Å². The topological polar surface area (TPSA) is 12.0 Å². The number of thiophene rings is 1. The fourth-order valence-corrected chi connectivity index (χ4v) is 4.20. The molecule has 2 aromatic rings. The fraction of sp³-hybridized carbons (Fsp3) is 0.333. The average Bonchev–Trinajstić information content (AvgIpc) is 2.90. The lowest BCUT2D eigenvalue weighted by Gasteiger charge is -2.25. The van der Waals surface area contributed by atoms with Crippen molar-refractivity contribution in [3.63, 3.8) is 0 Å². The smallest absolute Gasteiger partial charge is 0.288 e. The van der Waals surface area contributed by atoms with Crippen molar-refractivity contribution in [2.75, 3.05) is 5.32 Å². The summed E-state index contributed by atoms with van der Waals surface area (Å²) in [7, 11) is 0. The molecule has 0 aliphatic heterocycles. The molecule has 0 amide bonds. The van der Waals surface area contributed by atoms with Gasteiger partial charge in [0.2, 0.25) is 0 Å². The highest BCUT2D eigenvalue weighted by molar-refractivity contribution is 7.99. The third kappa shape index (κ3) is 2.99. The molecular formula is C15H15F2NS2. The second-order valence-electron chi connectivity index (χ2n) is 4.76. The summed E-state index contributed by atoms with van der Waals surface area (Å²) < 4.78 is 25.2. The predicted octanol–water partition coefficient (Wildman–Crippen LogP) is 5.55. The van der Waals surface area contributed by atoms with Gasteiger partial charge in [0, 0.05) is 15.5 Å². The standard InChI is InChI=1S/C15H15F2NS2/c16-15(17)20-14-6-2-1-4-12(14)18-11-5-3-7-13-10(11)8-9-19-13/h1-2,4,6,8-9,11,15,18H,3,5,7H2. The number of anilines is 1. The fourth-order valence-electron chi connectivity index (χ4n) is 2.61. The number of fused-ring (bicyclic) bond motifs is 1. The van der Waals surface area contributed by atoms with Crippen molar-refractivity contribution in [1.82, 2.24) is 0 Å². The summed E-state index contributed by atoms with van der Waals surface area (Å²) in [5.74, 6) is -2.39. The van der Waals surface area contributed by atoms with E-state index in [0.29, 0.717) is 16.7 Å². The number of hydrogen-bond acceptors (Lipinski definition) is 3. The Labute approximate surface area is 125 Å². The predicted molar refractivity (Wildman–Crippen MR) is 81.9 cm³/mol. The number of thioether (sulfide) groups is 1. The van der Waals surface area contributed by atoms with E-state index in [4.69, 9.17) is 0 Å². The van der Waals surface area contributed by atoms with Gasteiger partial charge in [-0.2, -0.15) is 8.78 Å². The molecule has 0 fully saturated rings. The van der Waals surface area contributed by atoms with Gasteiger partial charge in [-0.15, -0.1) is 11.3 Å². The molecule has 0 saturated heterocycles. The monoisotopic (exact) mass is 311 g/mol. The minimum atomic E-state index is -2.39. The summed E-state index contributed by atoms with van der Waals surface area (Å²) in [5.41, 5.74) is 2.14. The van der Waals surface area contributed by atoms with Gasteiger partial charge >= 0.3 is 0 Å². The molecule has 1 atom stereocenters. The molecule has 1 heterocycles. The van der Waals surface area contributed by atoms with Crippen LogP contribution in [0.2, 0.25) is 0 Å². The van der Waals surface area contributed by atoms with Crippen LogP contribution in [0.4, 0.5) is 14.5 Å². The van der Waals surface area contributed by atoms with Crippen molar-refractivity contribution in [2.24, 2.45) is 0 Å². The van der Waals surface area contributed by atoms with Crippen molar-refractivity contribution in [2.45, 2.75) is 36.0 Å². The van der Waals surface area contributed by atoms with Gasteiger partial charge in [-0.3, -0.25) is 0 Å². The molecule has 3 rings (SSSR count). The lowest BCUT2D eigenvalue weighted by molar-refractivity contribution is 0.252. The zero-order chi connectivity index (χ0) is 13.9. The number of alkyl halides is 2. The Bertz CT molecular complexity index is 583. The molecule has 5 heteroatoms. The van der Waals surface area contributed by atoms with Crippen LogP contribution in [0.15, 0.2) is 40.6 Å². The Morgan fingerprint density at radius 1 is 1.25 bits per heavy atom. The summed E-state index contributed by atoms with van der Waals surface area (Å²) in [6.45, 7) is 0. The Morgan fingerprint density at radius 3 is 2.95 bits per heavy atom. The number of hydrogen-bond donors (Lipinski definition) is 1. The van der Waals surface area contributed by atoms with Crippen LogP contribution in [0.3, 0.4) is 0 Å².